The predicted molar refractivity (Wildman–Crippen MR) is 214 cm³/mol. The molecule has 3 atom stereocenters. The quantitative estimate of drug-likeness (QED) is 0.0243. The van der Waals surface area contributed by atoms with Gasteiger partial charge >= 0.3 is 13.8 Å². The molecule has 10 heteroatoms. The van der Waals surface area contributed by atoms with Crippen molar-refractivity contribution in [2.75, 3.05) is 33.0 Å². The van der Waals surface area contributed by atoms with Crippen LogP contribution in [0.4, 0.5) is 0 Å². The van der Waals surface area contributed by atoms with Crippen molar-refractivity contribution in [2.24, 2.45) is 0 Å². The average molecular weight is 757 g/mol. The number of phosphoric ester groups is 1. The molecule has 0 fully saturated rings. The van der Waals surface area contributed by atoms with Crippen molar-refractivity contribution in [3.63, 3.8) is 0 Å². The summed E-state index contributed by atoms with van der Waals surface area (Å²) in [6, 6.07) is 0. The summed E-state index contributed by atoms with van der Waals surface area (Å²) in [6.07, 6.45) is 42.1. The summed E-state index contributed by atoms with van der Waals surface area (Å²) < 4.78 is 33.3. The van der Waals surface area contributed by atoms with Gasteiger partial charge in [-0.1, -0.05) is 140 Å². The molecule has 0 aromatic carbocycles. The number of carbonyl (C=O) groups excluding carboxylic acids is 1. The molecule has 0 heterocycles. The summed E-state index contributed by atoms with van der Waals surface area (Å²) in [6.45, 7) is 3.40. The van der Waals surface area contributed by atoms with Gasteiger partial charge in [-0.25, -0.2) is 4.57 Å². The Bertz CT molecular complexity index is 950. The number of unbranched alkanes of at least 4 members (excludes halogenated alkanes) is 17. The lowest BCUT2D eigenvalue weighted by molar-refractivity contribution is -0.154. The zero-order chi connectivity index (χ0) is 38.2. The number of aliphatic hydroxyl groups excluding tert-OH is 2. The largest absolute Gasteiger partial charge is 0.472 e. The fraction of sp³-hybridized carbons (Fsp3) is 0.786. The molecule has 0 saturated carbocycles. The van der Waals surface area contributed by atoms with Crippen molar-refractivity contribution in [3.8, 4) is 0 Å². The van der Waals surface area contributed by atoms with E-state index in [-0.39, 0.29) is 19.6 Å². The van der Waals surface area contributed by atoms with Gasteiger partial charge in [0.1, 0.15) is 12.2 Å². The summed E-state index contributed by atoms with van der Waals surface area (Å²) >= 11 is 0. The first-order chi connectivity index (χ1) is 25.3. The van der Waals surface area contributed by atoms with Gasteiger partial charge in [0.05, 0.1) is 26.4 Å². The molecule has 0 aromatic rings. The summed E-state index contributed by atoms with van der Waals surface area (Å²) in [5.74, 6) is -0.399. The van der Waals surface area contributed by atoms with Crippen molar-refractivity contribution in [1.29, 1.82) is 0 Å². The standard InChI is InChI=1S/C42H77O9P/c1-3-5-7-9-11-13-15-16-17-18-19-20-21-22-23-25-27-29-31-33-35-48-38-41(39-50-52(46,47)49-37-40(44)36-43)51-42(45)34-32-30-28-26-24-14-12-10-8-6-4-2/h10-13,16-17,19-20,40-41,43-44H,3-9,14-15,18,21-39H2,1-2H3,(H,46,47)/b12-10-,13-11-,17-16-,20-19-. The molecule has 0 radical (unpaired) electrons. The van der Waals surface area contributed by atoms with E-state index >= 15 is 0 Å². The Morgan fingerprint density at radius 2 is 1.06 bits per heavy atom. The smallest absolute Gasteiger partial charge is 0.457 e. The Balaban J connectivity index is 4.18. The van der Waals surface area contributed by atoms with Crippen LogP contribution in [0.3, 0.4) is 0 Å². The van der Waals surface area contributed by atoms with Crippen LogP contribution in [0.2, 0.25) is 0 Å². The first kappa shape index (κ1) is 50.4. The maximum absolute atomic E-state index is 12.5. The first-order valence-electron chi connectivity index (χ1n) is 20.6. The molecule has 3 N–H and O–H groups in total. The Kier molecular flexibility index (Phi) is 37.9. The molecule has 52 heavy (non-hydrogen) atoms. The van der Waals surface area contributed by atoms with E-state index in [1.807, 2.05) is 0 Å². The maximum Gasteiger partial charge on any atom is 0.472 e. The summed E-state index contributed by atoms with van der Waals surface area (Å²) in [5, 5.41) is 18.3. The zero-order valence-electron chi connectivity index (χ0n) is 33.0. The molecule has 0 amide bonds. The van der Waals surface area contributed by atoms with Gasteiger partial charge in [-0.2, -0.15) is 0 Å². The Morgan fingerprint density at radius 3 is 1.63 bits per heavy atom. The second-order valence-electron chi connectivity index (χ2n) is 13.6. The van der Waals surface area contributed by atoms with Crippen LogP contribution < -0.4 is 0 Å². The zero-order valence-corrected chi connectivity index (χ0v) is 33.9. The van der Waals surface area contributed by atoms with E-state index in [1.165, 1.54) is 64.2 Å². The van der Waals surface area contributed by atoms with Gasteiger partial charge in [0, 0.05) is 13.0 Å². The third-order valence-corrected chi connectivity index (χ3v) is 9.44. The number of hydrogen-bond acceptors (Lipinski definition) is 8. The first-order valence-corrected chi connectivity index (χ1v) is 22.1. The normalized spacial score (nSPS) is 14.6. The van der Waals surface area contributed by atoms with E-state index in [0.29, 0.717) is 13.0 Å². The van der Waals surface area contributed by atoms with E-state index in [9.17, 15) is 19.4 Å². The van der Waals surface area contributed by atoms with Gasteiger partial charge in [0.15, 0.2) is 0 Å². The average Bonchev–Trinajstić information content (AvgIpc) is 3.13. The maximum atomic E-state index is 12.5. The van der Waals surface area contributed by atoms with E-state index in [2.05, 4.69) is 62.5 Å². The second kappa shape index (κ2) is 39.1. The van der Waals surface area contributed by atoms with E-state index in [4.69, 9.17) is 23.6 Å². The molecule has 0 bridgehead atoms. The third kappa shape index (κ3) is 38.2. The van der Waals surface area contributed by atoms with Gasteiger partial charge in [0.2, 0.25) is 0 Å². The molecule has 0 rings (SSSR count). The second-order valence-corrected chi connectivity index (χ2v) is 15.1. The molecule has 9 nitrogen and oxygen atoms in total. The SMILES string of the molecule is CCCC/C=C\CCCCCCCC(=O)OC(COCCCCCCCCC/C=C\C/C=C\C/C=C\CCCCC)COP(=O)(O)OCC(O)CO. The predicted octanol–water partition coefficient (Wildman–Crippen LogP) is 11.0. The van der Waals surface area contributed by atoms with Crippen molar-refractivity contribution in [2.45, 2.75) is 180 Å². The van der Waals surface area contributed by atoms with Crippen molar-refractivity contribution < 1.29 is 43.0 Å². The van der Waals surface area contributed by atoms with Crippen LogP contribution in [0.5, 0.6) is 0 Å². The highest BCUT2D eigenvalue weighted by molar-refractivity contribution is 7.47. The minimum atomic E-state index is -4.52. The van der Waals surface area contributed by atoms with Gasteiger partial charge in [0.25, 0.3) is 0 Å². The summed E-state index contributed by atoms with van der Waals surface area (Å²) in [4.78, 5) is 22.5. The highest BCUT2D eigenvalue weighted by atomic mass is 31.2. The van der Waals surface area contributed by atoms with Crippen LogP contribution in [-0.4, -0.2) is 66.3 Å². The fourth-order valence-electron chi connectivity index (χ4n) is 5.28. The molecule has 0 aliphatic rings. The van der Waals surface area contributed by atoms with Gasteiger partial charge in [-0.05, 0) is 70.6 Å². The highest BCUT2D eigenvalue weighted by Gasteiger charge is 2.26. The van der Waals surface area contributed by atoms with E-state index < -0.39 is 39.2 Å². The lowest BCUT2D eigenvalue weighted by Gasteiger charge is -2.20. The summed E-state index contributed by atoms with van der Waals surface area (Å²) in [7, 11) is -4.52. The number of carbonyl (C=O) groups is 1. The number of allylic oxidation sites excluding steroid dienone is 8. The number of hydrogen-bond donors (Lipinski definition) is 3. The van der Waals surface area contributed by atoms with E-state index in [1.54, 1.807) is 0 Å². The minimum Gasteiger partial charge on any atom is -0.457 e. The minimum absolute atomic E-state index is 0.0380. The molecule has 0 aromatic heterocycles. The van der Waals surface area contributed by atoms with Crippen molar-refractivity contribution >= 4 is 13.8 Å². The van der Waals surface area contributed by atoms with Crippen LogP contribution in [0.25, 0.3) is 0 Å². The Morgan fingerprint density at radius 1 is 0.596 bits per heavy atom. The number of phosphoric acid groups is 1. The number of esters is 1. The molecular weight excluding hydrogens is 679 g/mol. The molecule has 3 unspecified atom stereocenters. The van der Waals surface area contributed by atoms with Gasteiger partial charge in [-0.3, -0.25) is 13.8 Å². The fourth-order valence-corrected chi connectivity index (χ4v) is 6.07. The van der Waals surface area contributed by atoms with E-state index in [0.717, 1.165) is 77.0 Å². The van der Waals surface area contributed by atoms with Crippen LogP contribution in [0.15, 0.2) is 48.6 Å². The van der Waals surface area contributed by atoms with Gasteiger partial charge < -0.3 is 24.6 Å². The lowest BCUT2D eigenvalue weighted by Crippen LogP contribution is -2.29. The molecule has 304 valence electrons. The number of ether oxygens (including phenoxy) is 2. The molecule has 0 aliphatic heterocycles. The summed E-state index contributed by atoms with van der Waals surface area (Å²) in [5.41, 5.74) is 0. The van der Waals surface area contributed by atoms with Crippen LogP contribution in [0.1, 0.15) is 168 Å². The van der Waals surface area contributed by atoms with Crippen molar-refractivity contribution in [1.82, 2.24) is 0 Å². The molecule has 0 aliphatic carbocycles. The Hall–Kier alpha value is -1.58. The number of aliphatic hydroxyl groups is 2. The highest BCUT2D eigenvalue weighted by Crippen LogP contribution is 2.43. The number of rotatable bonds is 39. The topological polar surface area (TPSA) is 132 Å². The molecular formula is C42H77O9P. The van der Waals surface area contributed by atoms with Crippen molar-refractivity contribution in [3.05, 3.63) is 48.6 Å². The molecule has 0 saturated heterocycles. The third-order valence-electron chi connectivity index (χ3n) is 8.49. The monoisotopic (exact) mass is 757 g/mol. The van der Waals surface area contributed by atoms with Crippen LogP contribution >= 0.6 is 7.82 Å². The molecule has 0 spiro atoms. The van der Waals surface area contributed by atoms with Gasteiger partial charge in [-0.15, -0.1) is 0 Å². The Labute approximate surface area is 317 Å². The van der Waals surface area contributed by atoms with Crippen LogP contribution in [0, 0.1) is 0 Å². The van der Waals surface area contributed by atoms with Crippen LogP contribution in [-0.2, 0) is 27.9 Å². The lowest BCUT2D eigenvalue weighted by atomic mass is 10.1.